The second-order valence-electron chi connectivity index (χ2n) is 10.7. The van der Waals surface area contributed by atoms with Gasteiger partial charge in [0.05, 0.1) is 0 Å². The first-order chi connectivity index (χ1) is 18.7. The molecule has 0 spiro atoms. The van der Waals surface area contributed by atoms with Crippen molar-refractivity contribution in [3.8, 4) is 0 Å². The zero-order chi connectivity index (χ0) is 26.1. The van der Waals surface area contributed by atoms with Gasteiger partial charge in [-0.15, -0.1) is 24.8 Å². The number of benzene rings is 2. The third-order valence-corrected chi connectivity index (χ3v) is 16.3. The summed E-state index contributed by atoms with van der Waals surface area (Å²) in [5.74, 6) is 1.16. The molecule has 4 aliphatic carbocycles. The van der Waals surface area contributed by atoms with Crippen LogP contribution >= 0.6 is 24.8 Å². The molecule has 0 N–H and O–H groups in total. The molecule has 0 nitrogen and oxygen atoms in total. The van der Waals surface area contributed by atoms with Crippen molar-refractivity contribution < 1.29 is 21.3 Å². The SMILES string of the molecule is Cl.Cl.[CH2]=[Zr]([CH]1C2=CC=CC=C(c3ccccc3)C2=CC1CC)[CH]1C2=CC=CC=C(c3ccccc3)C2=CC1CC. The second kappa shape index (κ2) is 13.6. The zero-order valence-corrected chi connectivity index (χ0v) is 27.4. The van der Waals surface area contributed by atoms with Crippen LogP contribution in [-0.2, 0) is 21.3 Å². The van der Waals surface area contributed by atoms with Crippen LogP contribution in [0.2, 0.25) is 7.25 Å². The average molecular weight is 645 g/mol. The molecule has 0 radical (unpaired) electrons. The van der Waals surface area contributed by atoms with Gasteiger partial charge >= 0.3 is 237 Å². The van der Waals surface area contributed by atoms with E-state index in [1.165, 1.54) is 46.3 Å². The molecule has 4 aliphatic rings. The molecule has 0 heterocycles. The Morgan fingerprint density at radius 3 is 1.30 bits per heavy atom. The van der Waals surface area contributed by atoms with E-state index < -0.39 is 21.3 Å². The van der Waals surface area contributed by atoms with Gasteiger partial charge in [-0.1, -0.05) is 0 Å². The number of hydrogen-bond acceptors (Lipinski definition) is 0. The Labute approximate surface area is 260 Å². The van der Waals surface area contributed by atoms with Crippen LogP contribution in [0.1, 0.15) is 37.8 Å². The normalized spacial score (nSPS) is 24.4. The van der Waals surface area contributed by atoms with Crippen molar-refractivity contribution in [2.45, 2.75) is 33.9 Å². The van der Waals surface area contributed by atoms with Crippen LogP contribution in [0.3, 0.4) is 0 Å². The van der Waals surface area contributed by atoms with E-state index in [0.29, 0.717) is 19.1 Å². The van der Waals surface area contributed by atoms with Gasteiger partial charge in [0.15, 0.2) is 0 Å². The first-order valence-corrected chi connectivity index (χ1v) is 18.7. The van der Waals surface area contributed by atoms with Gasteiger partial charge in [0, 0.05) is 0 Å². The van der Waals surface area contributed by atoms with Gasteiger partial charge in [-0.05, 0) is 0 Å². The van der Waals surface area contributed by atoms with Gasteiger partial charge in [-0.25, -0.2) is 0 Å². The van der Waals surface area contributed by atoms with Gasteiger partial charge in [-0.2, -0.15) is 0 Å². The molecule has 2 aromatic carbocycles. The molecular formula is C37H38Cl2Zr. The second-order valence-corrected chi connectivity index (χ2v) is 16.6. The summed E-state index contributed by atoms with van der Waals surface area (Å²) in [6.07, 6.45) is 26.0. The first kappa shape index (κ1) is 30.6. The van der Waals surface area contributed by atoms with Crippen molar-refractivity contribution >= 4 is 40.2 Å². The molecule has 0 saturated heterocycles. The van der Waals surface area contributed by atoms with Crippen LogP contribution in [0.4, 0.5) is 0 Å². The minimum absolute atomic E-state index is 0. The predicted molar refractivity (Wildman–Crippen MR) is 176 cm³/mol. The summed E-state index contributed by atoms with van der Waals surface area (Å²) in [5, 5.41) is 0. The monoisotopic (exact) mass is 642 g/mol. The molecule has 4 unspecified atom stereocenters. The Morgan fingerprint density at radius 2 is 0.925 bits per heavy atom. The van der Waals surface area contributed by atoms with E-state index in [0.717, 1.165) is 0 Å². The topological polar surface area (TPSA) is 0 Å². The van der Waals surface area contributed by atoms with E-state index in [9.17, 15) is 0 Å². The third kappa shape index (κ3) is 5.59. The Balaban J connectivity index is 0.00000185. The molecule has 0 bridgehead atoms. The molecule has 0 aliphatic heterocycles. The molecular weight excluding hydrogens is 607 g/mol. The van der Waals surface area contributed by atoms with Crippen molar-refractivity contribution in [1.29, 1.82) is 0 Å². The molecule has 2 aromatic rings. The summed E-state index contributed by atoms with van der Waals surface area (Å²) < 4.78 is 6.39. The summed E-state index contributed by atoms with van der Waals surface area (Å²) in [5.41, 5.74) is 11.4. The predicted octanol–water partition coefficient (Wildman–Crippen LogP) is 10.5. The Kier molecular flexibility index (Phi) is 10.4. The van der Waals surface area contributed by atoms with E-state index in [-0.39, 0.29) is 24.8 Å². The fraction of sp³-hybridized carbons (Fsp3) is 0.216. The van der Waals surface area contributed by atoms with Gasteiger partial charge in [0.2, 0.25) is 0 Å². The van der Waals surface area contributed by atoms with Crippen molar-refractivity contribution in [1.82, 2.24) is 0 Å². The number of hydrogen-bond donors (Lipinski definition) is 0. The minimum atomic E-state index is -2.30. The third-order valence-electron chi connectivity index (χ3n) is 8.70. The molecule has 0 fully saturated rings. The number of allylic oxidation sites excluding steroid dienone is 16. The van der Waals surface area contributed by atoms with E-state index >= 15 is 0 Å². The molecule has 40 heavy (non-hydrogen) atoms. The van der Waals surface area contributed by atoms with Crippen molar-refractivity contribution in [3.63, 3.8) is 0 Å². The Bertz CT molecular complexity index is 1380. The summed E-state index contributed by atoms with van der Waals surface area (Å²) in [4.78, 5) is 0. The van der Waals surface area contributed by atoms with Crippen LogP contribution in [-0.4, -0.2) is 4.21 Å². The fourth-order valence-corrected chi connectivity index (χ4v) is 15.4. The van der Waals surface area contributed by atoms with Crippen LogP contribution in [0, 0.1) is 11.8 Å². The maximum absolute atomic E-state index is 5.20. The van der Waals surface area contributed by atoms with Crippen LogP contribution in [0.5, 0.6) is 0 Å². The standard InChI is InChI=1S/2C18H17.CH2.2ClH.Zr/c2*1-2-14-12-16-10-6-7-11-17(18(16)13-14)15-8-4-3-5-9-15;;;;/h2*3-14H,2H2,1H3;1H2;2*1H;. The first-order valence-electron chi connectivity index (χ1n) is 14.1. The summed E-state index contributed by atoms with van der Waals surface area (Å²) in [6, 6.07) is 21.8. The van der Waals surface area contributed by atoms with E-state index in [1.807, 2.05) is 0 Å². The molecule has 4 atom stereocenters. The van der Waals surface area contributed by atoms with E-state index in [4.69, 9.17) is 4.21 Å². The summed E-state index contributed by atoms with van der Waals surface area (Å²) in [7, 11) is 0. The van der Waals surface area contributed by atoms with Gasteiger partial charge in [0.25, 0.3) is 0 Å². The van der Waals surface area contributed by atoms with Crippen molar-refractivity contribution in [2.75, 3.05) is 0 Å². The Hall–Kier alpha value is -2.31. The van der Waals surface area contributed by atoms with Gasteiger partial charge in [-0.3, -0.25) is 0 Å². The number of halogens is 2. The molecule has 0 amide bonds. The average Bonchev–Trinajstić information content (AvgIpc) is 3.35. The van der Waals surface area contributed by atoms with E-state index in [1.54, 1.807) is 11.1 Å². The molecule has 6 rings (SSSR count). The molecule has 0 saturated carbocycles. The summed E-state index contributed by atoms with van der Waals surface area (Å²) in [6.45, 7) is 4.75. The fourth-order valence-electron chi connectivity index (χ4n) is 6.88. The van der Waals surface area contributed by atoms with E-state index in [2.05, 4.69) is 135 Å². The number of fused-ring (bicyclic) bond motifs is 2. The molecule has 204 valence electrons. The van der Waals surface area contributed by atoms with Crippen LogP contribution < -0.4 is 0 Å². The quantitative estimate of drug-likeness (QED) is 0.294. The van der Waals surface area contributed by atoms with Crippen LogP contribution in [0.15, 0.2) is 144 Å². The zero-order valence-electron chi connectivity index (χ0n) is 23.3. The molecule has 0 aromatic heterocycles. The number of rotatable bonds is 6. The van der Waals surface area contributed by atoms with Crippen molar-refractivity contribution in [3.05, 3.63) is 155 Å². The van der Waals surface area contributed by atoms with Gasteiger partial charge < -0.3 is 0 Å². The van der Waals surface area contributed by atoms with Crippen molar-refractivity contribution in [2.24, 2.45) is 11.8 Å². The van der Waals surface area contributed by atoms with Gasteiger partial charge in [0.1, 0.15) is 0 Å². The molecule has 3 heteroatoms. The van der Waals surface area contributed by atoms with Crippen LogP contribution in [0.25, 0.3) is 11.1 Å². The Morgan fingerprint density at radius 1 is 0.550 bits per heavy atom. The maximum atomic E-state index is 5.20. The summed E-state index contributed by atoms with van der Waals surface area (Å²) >= 11 is -2.30.